The third-order valence-corrected chi connectivity index (χ3v) is 3.28. The molecule has 6 heteroatoms. The highest BCUT2D eigenvalue weighted by molar-refractivity contribution is 6.31. The van der Waals surface area contributed by atoms with Gasteiger partial charge in [0.2, 0.25) is 0 Å². The summed E-state index contributed by atoms with van der Waals surface area (Å²) in [6, 6.07) is 4.07. The number of benzene rings is 1. The van der Waals surface area contributed by atoms with Crippen LogP contribution in [0.1, 0.15) is 24.3 Å². The van der Waals surface area contributed by atoms with Gasteiger partial charge in [0.05, 0.1) is 0 Å². The zero-order valence-electron chi connectivity index (χ0n) is 9.56. The Kier molecular flexibility index (Phi) is 4.02. The summed E-state index contributed by atoms with van der Waals surface area (Å²) in [5.74, 6) is -0.0736. The Morgan fingerprint density at radius 1 is 1.33 bits per heavy atom. The van der Waals surface area contributed by atoms with Gasteiger partial charge in [-0.15, -0.1) is 13.2 Å². The van der Waals surface area contributed by atoms with Crippen LogP contribution in [0.3, 0.4) is 0 Å². The third-order valence-electron chi connectivity index (χ3n) is 2.94. The van der Waals surface area contributed by atoms with E-state index in [9.17, 15) is 13.2 Å². The number of alkyl halides is 3. The van der Waals surface area contributed by atoms with E-state index in [0.29, 0.717) is 10.6 Å². The first kappa shape index (κ1) is 13.5. The lowest BCUT2D eigenvalue weighted by atomic mass is 9.91. The molecule has 2 nitrogen and oxygen atoms in total. The maximum atomic E-state index is 12.1. The molecule has 1 aliphatic heterocycles. The summed E-state index contributed by atoms with van der Waals surface area (Å²) in [4.78, 5) is 0. The number of halogens is 4. The Bertz CT molecular complexity index is 416. The quantitative estimate of drug-likeness (QED) is 0.891. The van der Waals surface area contributed by atoms with Crippen LogP contribution in [0.25, 0.3) is 0 Å². The molecule has 0 aromatic heterocycles. The standard InChI is InChI=1S/C12H13ClF3NO/c13-11-4-3-9(18-12(14,15)16)6-10(11)8-2-1-5-17-7-8/h3-4,6,8,17H,1-2,5,7H2/t8-/m0/s1. The van der Waals surface area contributed by atoms with Gasteiger partial charge in [-0.05, 0) is 49.1 Å². The fraction of sp³-hybridized carbons (Fsp3) is 0.500. The molecule has 0 aliphatic carbocycles. The van der Waals surface area contributed by atoms with Crippen LogP contribution in [-0.4, -0.2) is 19.5 Å². The second-order valence-electron chi connectivity index (χ2n) is 4.27. The Labute approximate surface area is 108 Å². The summed E-state index contributed by atoms with van der Waals surface area (Å²) in [6.07, 6.45) is -2.76. The summed E-state index contributed by atoms with van der Waals surface area (Å²) in [5.41, 5.74) is 0.714. The lowest BCUT2D eigenvalue weighted by molar-refractivity contribution is -0.274. The fourth-order valence-electron chi connectivity index (χ4n) is 2.15. The second-order valence-corrected chi connectivity index (χ2v) is 4.68. The summed E-state index contributed by atoms with van der Waals surface area (Å²) in [5, 5.41) is 3.69. The fourth-order valence-corrected chi connectivity index (χ4v) is 2.42. The molecule has 0 unspecified atom stereocenters. The van der Waals surface area contributed by atoms with E-state index in [1.165, 1.54) is 18.2 Å². The largest absolute Gasteiger partial charge is 0.573 e. The highest BCUT2D eigenvalue weighted by atomic mass is 35.5. The van der Waals surface area contributed by atoms with Crippen molar-refractivity contribution >= 4 is 11.6 Å². The smallest absolute Gasteiger partial charge is 0.406 e. The predicted octanol–water partition coefficient (Wildman–Crippen LogP) is 3.71. The maximum Gasteiger partial charge on any atom is 0.573 e. The molecule has 0 amide bonds. The zero-order valence-corrected chi connectivity index (χ0v) is 10.3. The van der Waals surface area contributed by atoms with Crippen molar-refractivity contribution in [2.45, 2.75) is 25.1 Å². The summed E-state index contributed by atoms with van der Waals surface area (Å²) in [7, 11) is 0. The molecule has 0 radical (unpaired) electrons. The molecule has 1 N–H and O–H groups in total. The van der Waals surface area contributed by atoms with E-state index >= 15 is 0 Å². The summed E-state index contributed by atoms with van der Waals surface area (Å²) < 4.78 is 40.4. The molecule has 1 aromatic rings. The van der Waals surface area contributed by atoms with Gasteiger partial charge in [0.25, 0.3) is 0 Å². The van der Waals surface area contributed by atoms with Gasteiger partial charge in [0.1, 0.15) is 5.75 Å². The molecule has 100 valence electrons. The molecule has 1 aliphatic rings. The molecule has 0 bridgehead atoms. The van der Waals surface area contributed by atoms with Crippen molar-refractivity contribution in [1.82, 2.24) is 5.32 Å². The number of hydrogen-bond donors (Lipinski definition) is 1. The Balaban J connectivity index is 2.20. The number of ether oxygens (including phenoxy) is 1. The van der Waals surface area contributed by atoms with Crippen LogP contribution >= 0.6 is 11.6 Å². The molecular weight excluding hydrogens is 267 g/mol. The van der Waals surface area contributed by atoms with Crippen molar-refractivity contribution in [3.05, 3.63) is 28.8 Å². The minimum atomic E-state index is -4.67. The molecule has 1 saturated heterocycles. The monoisotopic (exact) mass is 279 g/mol. The van der Waals surface area contributed by atoms with Gasteiger partial charge in [-0.1, -0.05) is 11.6 Å². The Morgan fingerprint density at radius 3 is 2.72 bits per heavy atom. The van der Waals surface area contributed by atoms with E-state index in [2.05, 4.69) is 10.1 Å². The molecule has 1 heterocycles. The third kappa shape index (κ3) is 3.53. The van der Waals surface area contributed by atoms with Gasteiger partial charge in [0, 0.05) is 11.6 Å². The van der Waals surface area contributed by atoms with E-state index < -0.39 is 6.36 Å². The summed E-state index contributed by atoms with van der Waals surface area (Å²) >= 11 is 6.04. The molecule has 1 fully saturated rings. The first-order chi connectivity index (χ1) is 8.46. The second kappa shape index (κ2) is 5.36. The van der Waals surface area contributed by atoms with Gasteiger partial charge in [-0.25, -0.2) is 0 Å². The lowest BCUT2D eigenvalue weighted by Gasteiger charge is -2.24. The van der Waals surface area contributed by atoms with Crippen molar-refractivity contribution in [1.29, 1.82) is 0 Å². The Morgan fingerprint density at radius 2 is 2.11 bits per heavy atom. The van der Waals surface area contributed by atoms with Crippen LogP contribution in [0, 0.1) is 0 Å². The van der Waals surface area contributed by atoms with Crippen molar-refractivity contribution in [3.8, 4) is 5.75 Å². The lowest BCUT2D eigenvalue weighted by Crippen LogP contribution is -2.28. The Hall–Kier alpha value is -0.940. The highest BCUT2D eigenvalue weighted by Gasteiger charge is 2.31. The highest BCUT2D eigenvalue weighted by Crippen LogP contribution is 2.33. The normalized spacial score (nSPS) is 20.8. The maximum absolute atomic E-state index is 12.1. The van der Waals surface area contributed by atoms with E-state index in [-0.39, 0.29) is 11.7 Å². The van der Waals surface area contributed by atoms with E-state index in [1.54, 1.807) is 0 Å². The minimum Gasteiger partial charge on any atom is -0.406 e. The van der Waals surface area contributed by atoms with E-state index in [0.717, 1.165) is 25.9 Å². The van der Waals surface area contributed by atoms with Crippen LogP contribution in [0.15, 0.2) is 18.2 Å². The number of rotatable bonds is 2. The number of nitrogens with one attached hydrogen (secondary N) is 1. The first-order valence-corrected chi connectivity index (χ1v) is 6.09. The molecule has 1 aromatic carbocycles. The minimum absolute atomic E-state index is 0.142. The molecule has 2 rings (SSSR count). The SMILES string of the molecule is FC(F)(F)Oc1ccc(Cl)c([C@H]2CCCNC2)c1. The van der Waals surface area contributed by atoms with E-state index in [4.69, 9.17) is 11.6 Å². The topological polar surface area (TPSA) is 21.3 Å². The molecule has 0 saturated carbocycles. The van der Waals surface area contributed by atoms with Crippen LogP contribution in [-0.2, 0) is 0 Å². The molecular formula is C12H13ClF3NO. The van der Waals surface area contributed by atoms with Crippen molar-refractivity contribution in [2.24, 2.45) is 0 Å². The first-order valence-electron chi connectivity index (χ1n) is 5.71. The van der Waals surface area contributed by atoms with Crippen LogP contribution in [0.2, 0.25) is 5.02 Å². The number of piperidine rings is 1. The van der Waals surface area contributed by atoms with E-state index in [1.807, 2.05) is 0 Å². The molecule has 18 heavy (non-hydrogen) atoms. The van der Waals surface area contributed by atoms with Gasteiger partial charge in [-0.2, -0.15) is 0 Å². The van der Waals surface area contributed by atoms with Gasteiger partial charge < -0.3 is 10.1 Å². The van der Waals surface area contributed by atoms with Crippen molar-refractivity contribution in [2.75, 3.05) is 13.1 Å². The van der Waals surface area contributed by atoms with Gasteiger partial charge >= 0.3 is 6.36 Å². The van der Waals surface area contributed by atoms with Crippen molar-refractivity contribution in [3.63, 3.8) is 0 Å². The van der Waals surface area contributed by atoms with Crippen LogP contribution < -0.4 is 10.1 Å². The summed E-state index contributed by atoms with van der Waals surface area (Å²) in [6.45, 7) is 1.67. The average molecular weight is 280 g/mol. The van der Waals surface area contributed by atoms with Gasteiger partial charge in [0.15, 0.2) is 0 Å². The van der Waals surface area contributed by atoms with Crippen LogP contribution in [0.5, 0.6) is 5.75 Å². The number of hydrogen-bond acceptors (Lipinski definition) is 2. The average Bonchev–Trinajstić information content (AvgIpc) is 2.31. The predicted molar refractivity (Wildman–Crippen MR) is 63.0 cm³/mol. The molecule has 0 spiro atoms. The zero-order chi connectivity index (χ0) is 13.2. The van der Waals surface area contributed by atoms with Crippen LogP contribution in [0.4, 0.5) is 13.2 Å². The molecule has 1 atom stereocenters. The van der Waals surface area contributed by atoms with Crippen molar-refractivity contribution < 1.29 is 17.9 Å². The van der Waals surface area contributed by atoms with Gasteiger partial charge in [-0.3, -0.25) is 0 Å².